The molecule has 2 amide bonds. The second-order valence-corrected chi connectivity index (χ2v) is 9.69. The van der Waals surface area contributed by atoms with E-state index >= 15 is 0 Å². The van der Waals surface area contributed by atoms with Gasteiger partial charge in [-0.1, -0.05) is 41.4 Å². The summed E-state index contributed by atoms with van der Waals surface area (Å²) in [5, 5.41) is 6.31. The zero-order chi connectivity index (χ0) is 26.5. The first-order valence-electron chi connectivity index (χ1n) is 11.3. The molecule has 0 atom stereocenters. The first-order valence-corrected chi connectivity index (χ1v) is 12.9. The lowest BCUT2D eigenvalue weighted by Gasteiger charge is -2.21. The summed E-state index contributed by atoms with van der Waals surface area (Å²) in [6.07, 6.45) is 1.88. The molecule has 0 saturated carbocycles. The Morgan fingerprint density at radius 3 is 2.49 bits per heavy atom. The third-order valence-corrected chi connectivity index (χ3v) is 7.38. The van der Waals surface area contributed by atoms with Crippen molar-refractivity contribution >= 4 is 92.8 Å². The van der Waals surface area contributed by atoms with Crippen molar-refractivity contribution in [2.75, 3.05) is 30.4 Å². The van der Waals surface area contributed by atoms with Gasteiger partial charge in [-0.05, 0) is 59.3 Å². The summed E-state index contributed by atoms with van der Waals surface area (Å²) in [7, 11) is 1.59. The summed E-state index contributed by atoms with van der Waals surface area (Å²) in [5.74, 6) is -0.0892. The van der Waals surface area contributed by atoms with Crippen molar-refractivity contribution in [2.45, 2.75) is 13.5 Å². The van der Waals surface area contributed by atoms with Crippen LogP contribution in [0.3, 0.4) is 0 Å². The molecule has 0 aliphatic carbocycles. The molecule has 0 aliphatic heterocycles. The van der Waals surface area contributed by atoms with Crippen molar-refractivity contribution in [1.29, 1.82) is 0 Å². The molecule has 4 rings (SSSR count). The maximum atomic E-state index is 12.8. The molecule has 13 heteroatoms. The van der Waals surface area contributed by atoms with E-state index < -0.39 is 0 Å². The van der Waals surface area contributed by atoms with Gasteiger partial charge in [-0.25, -0.2) is 4.98 Å². The molecular weight excluding hydrogens is 652 g/mol. The summed E-state index contributed by atoms with van der Waals surface area (Å²) in [5.41, 5.74) is 3.28. The monoisotopic (exact) mass is 675 g/mol. The Kier molecular flexibility index (Phi) is 12.2. The fraction of sp³-hybridized carbons (Fsp3) is 0.192. The third-order valence-electron chi connectivity index (χ3n) is 5.65. The standard InChI is InChI=1S/C26H24BrCl2N5O3.2ClH/c1-16-25(27)34-12-6-9-21(26(34)32-16)37-15-18-19(28)10-11-20(24(18)29)33(2)23(36)14-31-22(35)13-30-17-7-4-3-5-8-17;;/h3-12,30H,13-15H2,1-2H3,(H,31,35);2*1H. The number of aromatic nitrogens is 2. The van der Waals surface area contributed by atoms with E-state index in [1.807, 2.05) is 60.0 Å². The predicted octanol–water partition coefficient (Wildman–Crippen LogP) is 6.33. The van der Waals surface area contributed by atoms with Gasteiger partial charge < -0.3 is 20.3 Å². The SMILES string of the molecule is Cc1nc2c(OCc3c(Cl)ccc(N(C)C(=O)CNC(=O)CNc4ccccc4)c3Cl)cccn2c1Br.Cl.Cl. The number of imidazole rings is 1. The molecule has 4 aromatic rings. The van der Waals surface area contributed by atoms with Gasteiger partial charge in [0.15, 0.2) is 11.4 Å². The number of ether oxygens (including phenoxy) is 1. The Morgan fingerprint density at radius 1 is 1.05 bits per heavy atom. The van der Waals surface area contributed by atoms with Crippen molar-refractivity contribution in [1.82, 2.24) is 14.7 Å². The van der Waals surface area contributed by atoms with Crippen molar-refractivity contribution in [2.24, 2.45) is 0 Å². The van der Waals surface area contributed by atoms with Crippen LogP contribution in [-0.4, -0.2) is 41.3 Å². The van der Waals surface area contributed by atoms with Crippen LogP contribution in [0, 0.1) is 6.92 Å². The van der Waals surface area contributed by atoms with Crippen LogP contribution in [0.2, 0.25) is 10.0 Å². The highest BCUT2D eigenvalue weighted by atomic mass is 79.9. The van der Waals surface area contributed by atoms with Crippen LogP contribution in [0.4, 0.5) is 11.4 Å². The van der Waals surface area contributed by atoms with E-state index in [0.717, 1.165) is 16.0 Å². The van der Waals surface area contributed by atoms with Gasteiger partial charge in [0.1, 0.15) is 11.2 Å². The van der Waals surface area contributed by atoms with E-state index in [-0.39, 0.29) is 61.3 Å². The molecule has 39 heavy (non-hydrogen) atoms. The number of likely N-dealkylation sites (N-methyl/N-ethyl adjacent to an activating group) is 1. The molecule has 2 N–H and O–H groups in total. The van der Waals surface area contributed by atoms with Gasteiger partial charge in [0.05, 0.1) is 29.5 Å². The normalized spacial score (nSPS) is 10.3. The van der Waals surface area contributed by atoms with Gasteiger partial charge in [-0.3, -0.25) is 14.0 Å². The van der Waals surface area contributed by atoms with Crippen molar-refractivity contribution in [3.05, 3.63) is 86.7 Å². The number of nitrogens with zero attached hydrogens (tertiary/aromatic N) is 3. The van der Waals surface area contributed by atoms with Crippen LogP contribution in [-0.2, 0) is 16.2 Å². The quantitative estimate of drug-likeness (QED) is 0.216. The number of carbonyl (C=O) groups is 2. The fourth-order valence-electron chi connectivity index (χ4n) is 3.59. The Morgan fingerprint density at radius 2 is 1.77 bits per heavy atom. The molecule has 0 spiro atoms. The second kappa shape index (κ2) is 14.6. The van der Waals surface area contributed by atoms with E-state index in [0.29, 0.717) is 27.7 Å². The Labute approximate surface area is 257 Å². The maximum absolute atomic E-state index is 12.8. The summed E-state index contributed by atoms with van der Waals surface area (Å²) in [6.45, 7) is 1.82. The number of anilines is 2. The number of amides is 2. The molecule has 2 heterocycles. The van der Waals surface area contributed by atoms with Crippen LogP contribution in [0.1, 0.15) is 11.3 Å². The number of para-hydroxylation sites is 1. The molecule has 2 aromatic heterocycles. The van der Waals surface area contributed by atoms with Crippen molar-refractivity contribution < 1.29 is 14.3 Å². The summed E-state index contributed by atoms with van der Waals surface area (Å²) in [6, 6.07) is 16.3. The minimum atomic E-state index is -0.341. The van der Waals surface area contributed by atoms with Crippen molar-refractivity contribution in [3.63, 3.8) is 0 Å². The van der Waals surface area contributed by atoms with Gasteiger partial charge in [0.2, 0.25) is 11.8 Å². The Balaban J connectivity index is 0.00000267. The zero-order valence-electron chi connectivity index (χ0n) is 20.9. The smallest absolute Gasteiger partial charge is 0.246 e. The van der Waals surface area contributed by atoms with E-state index in [1.54, 1.807) is 19.2 Å². The van der Waals surface area contributed by atoms with Gasteiger partial charge in [0, 0.05) is 29.5 Å². The molecule has 0 unspecified atom stereocenters. The van der Waals surface area contributed by atoms with Gasteiger partial charge in [-0.15, -0.1) is 24.8 Å². The predicted molar refractivity (Wildman–Crippen MR) is 164 cm³/mol. The summed E-state index contributed by atoms with van der Waals surface area (Å²) in [4.78, 5) is 30.9. The number of halogens is 5. The van der Waals surface area contributed by atoms with Crippen molar-refractivity contribution in [3.8, 4) is 5.75 Å². The van der Waals surface area contributed by atoms with Crippen LogP contribution < -0.4 is 20.3 Å². The third kappa shape index (κ3) is 7.70. The number of fused-ring (bicyclic) bond motifs is 1. The van der Waals surface area contributed by atoms with Crippen LogP contribution in [0.15, 0.2) is 65.4 Å². The highest BCUT2D eigenvalue weighted by Gasteiger charge is 2.20. The van der Waals surface area contributed by atoms with Gasteiger partial charge in [0.25, 0.3) is 0 Å². The topological polar surface area (TPSA) is 88.0 Å². The first-order chi connectivity index (χ1) is 17.8. The molecule has 2 aromatic carbocycles. The van der Waals surface area contributed by atoms with E-state index in [2.05, 4.69) is 31.5 Å². The lowest BCUT2D eigenvalue weighted by Crippen LogP contribution is -2.40. The average molecular weight is 678 g/mol. The summed E-state index contributed by atoms with van der Waals surface area (Å²) < 4.78 is 8.75. The molecule has 0 fully saturated rings. The zero-order valence-corrected chi connectivity index (χ0v) is 25.6. The minimum absolute atomic E-state index is 0. The highest BCUT2D eigenvalue weighted by Crippen LogP contribution is 2.35. The van der Waals surface area contributed by atoms with Gasteiger partial charge in [-0.2, -0.15) is 0 Å². The molecule has 8 nitrogen and oxygen atoms in total. The molecule has 0 bridgehead atoms. The number of carbonyl (C=O) groups excluding carboxylic acids is 2. The number of benzene rings is 2. The Bertz CT molecular complexity index is 1450. The van der Waals surface area contributed by atoms with Crippen LogP contribution >= 0.6 is 63.9 Å². The number of rotatable bonds is 9. The van der Waals surface area contributed by atoms with E-state index in [4.69, 9.17) is 27.9 Å². The second-order valence-electron chi connectivity index (χ2n) is 8.15. The largest absolute Gasteiger partial charge is 0.485 e. The number of aryl methyl sites for hydroxylation is 1. The number of hydrogen-bond acceptors (Lipinski definition) is 5. The fourth-order valence-corrected chi connectivity index (χ4v) is 4.58. The minimum Gasteiger partial charge on any atom is -0.485 e. The van der Waals surface area contributed by atoms with E-state index in [1.165, 1.54) is 4.90 Å². The van der Waals surface area contributed by atoms with Crippen LogP contribution in [0.5, 0.6) is 5.75 Å². The maximum Gasteiger partial charge on any atom is 0.246 e. The molecule has 0 aliphatic rings. The molecule has 0 saturated heterocycles. The number of hydrogen-bond donors (Lipinski definition) is 2. The van der Waals surface area contributed by atoms with Gasteiger partial charge >= 0.3 is 0 Å². The average Bonchev–Trinajstić information content (AvgIpc) is 3.20. The molecule has 208 valence electrons. The van der Waals surface area contributed by atoms with E-state index in [9.17, 15) is 9.59 Å². The number of pyridine rings is 1. The lowest BCUT2D eigenvalue weighted by atomic mass is 10.2. The lowest BCUT2D eigenvalue weighted by molar-refractivity contribution is -0.123. The molecular formula is C26H26BrCl4N5O3. The van der Waals surface area contributed by atoms with Crippen LogP contribution in [0.25, 0.3) is 5.65 Å². The summed E-state index contributed by atoms with van der Waals surface area (Å²) >= 11 is 16.6. The highest BCUT2D eigenvalue weighted by molar-refractivity contribution is 9.10. The first kappa shape index (κ1) is 32.5. The Hall–Kier alpha value is -2.69. The molecule has 0 radical (unpaired) electrons. The number of nitrogens with one attached hydrogen (secondary N) is 2.